The van der Waals surface area contributed by atoms with E-state index in [9.17, 15) is 0 Å². The third kappa shape index (κ3) is 3.93. The van der Waals surface area contributed by atoms with E-state index in [1.54, 1.807) is 0 Å². The van der Waals surface area contributed by atoms with E-state index in [2.05, 4.69) is 34.2 Å². The predicted molar refractivity (Wildman–Crippen MR) is 73.0 cm³/mol. The van der Waals surface area contributed by atoms with Gasteiger partial charge in [-0.15, -0.1) is 12.4 Å². The van der Waals surface area contributed by atoms with Gasteiger partial charge in [0.15, 0.2) is 5.82 Å². The molecule has 2 heterocycles. The van der Waals surface area contributed by atoms with Gasteiger partial charge in [-0.05, 0) is 19.9 Å². The van der Waals surface area contributed by atoms with Gasteiger partial charge in [0.2, 0.25) is 5.89 Å². The first kappa shape index (κ1) is 15.4. The van der Waals surface area contributed by atoms with E-state index < -0.39 is 0 Å². The molecule has 1 N–H and O–H groups in total. The molecule has 0 radical (unpaired) electrons. The van der Waals surface area contributed by atoms with Gasteiger partial charge in [-0.3, -0.25) is 4.90 Å². The summed E-state index contributed by atoms with van der Waals surface area (Å²) in [5.74, 6) is 1.87. The Labute approximate surface area is 115 Å². The molecule has 18 heavy (non-hydrogen) atoms. The quantitative estimate of drug-likeness (QED) is 0.907. The summed E-state index contributed by atoms with van der Waals surface area (Å²) in [6.45, 7) is 7.16. The molecule has 0 amide bonds. The molecule has 0 unspecified atom stereocenters. The second-order valence-electron chi connectivity index (χ2n) is 5.04. The second-order valence-corrected chi connectivity index (χ2v) is 5.04. The average molecular weight is 275 g/mol. The van der Waals surface area contributed by atoms with Crippen molar-refractivity contribution >= 4 is 12.4 Å². The summed E-state index contributed by atoms with van der Waals surface area (Å²) in [5, 5.41) is 7.36. The first-order valence-electron chi connectivity index (χ1n) is 6.41. The molecule has 1 aliphatic heterocycles. The van der Waals surface area contributed by atoms with Crippen LogP contribution in [0.3, 0.4) is 0 Å². The standard InChI is InChI=1S/C12H22N4O.ClH/c1-9(2)12-14-11(15-17-12)8-16-6-4-10(13-3)5-7-16;/h9-10,13H,4-8H2,1-3H3;1H. The molecule has 5 nitrogen and oxygen atoms in total. The summed E-state index contributed by atoms with van der Waals surface area (Å²) < 4.78 is 5.21. The normalized spacial score (nSPS) is 18.0. The van der Waals surface area contributed by atoms with E-state index in [-0.39, 0.29) is 12.4 Å². The van der Waals surface area contributed by atoms with E-state index in [0.29, 0.717) is 12.0 Å². The van der Waals surface area contributed by atoms with Crippen LogP contribution in [-0.2, 0) is 6.54 Å². The fourth-order valence-electron chi connectivity index (χ4n) is 2.15. The molecule has 104 valence electrons. The molecule has 1 fully saturated rings. The average Bonchev–Trinajstić information content (AvgIpc) is 2.79. The number of rotatable bonds is 4. The van der Waals surface area contributed by atoms with Crippen LogP contribution in [0, 0.1) is 0 Å². The molecule has 1 aromatic heterocycles. The number of halogens is 1. The van der Waals surface area contributed by atoms with Gasteiger partial charge < -0.3 is 9.84 Å². The van der Waals surface area contributed by atoms with Crippen LogP contribution in [0.4, 0.5) is 0 Å². The fourth-order valence-corrected chi connectivity index (χ4v) is 2.15. The molecule has 0 aromatic carbocycles. The Hall–Kier alpha value is -0.650. The predicted octanol–water partition coefficient (Wildman–Crippen LogP) is 1.80. The number of piperidine rings is 1. The first-order valence-corrected chi connectivity index (χ1v) is 6.41. The van der Waals surface area contributed by atoms with Crippen molar-refractivity contribution in [2.75, 3.05) is 20.1 Å². The minimum Gasteiger partial charge on any atom is -0.339 e. The highest BCUT2D eigenvalue weighted by atomic mass is 35.5. The first-order chi connectivity index (χ1) is 8.19. The Morgan fingerprint density at radius 1 is 1.39 bits per heavy atom. The summed E-state index contributed by atoms with van der Waals surface area (Å²) in [4.78, 5) is 6.80. The van der Waals surface area contributed by atoms with Crippen molar-refractivity contribution in [3.63, 3.8) is 0 Å². The molecular formula is C12H23ClN4O. The van der Waals surface area contributed by atoms with Crippen molar-refractivity contribution in [2.45, 2.75) is 45.2 Å². The fraction of sp³-hybridized carbons (Fsp3) is 0.833. The zero-order valence-electron chi connectivity index (χ0n) is 11.3. The highest BCUT2D eigenvalue weighted by molar-refractivity contribution is 5.85. The maximum atomic E-state index is 5.21. The molecule has 0 spiro atoms. The maximum absolute atomic E-state index is 5.21. The summed E-state index contributed by atoms with van der Waals surface area (Å²) in [6, 6.07) is 0.669. The van der Waals surface area contributed by atoms with Gasteiger partial charge in [0.05, 0.1) is 6.54 Å². The van der Waals surface area contributed by atoms with Gasteiger partial charge in [0.1, 0.15) is 0 Å². The Morgan fingerprint density at radius 3 is 2.56 bits per heavy atom. The monoisotopic (exact) mass is 274 g/mol. The zero-order chi connectivity index (χ0) is 12.3. The third-order valence-corrected chi connectivity index (χ3v) is 3.34. The lowest BCUT2D eigenvalue weighted by Gasteiger charge is -2.30. The van der Waals surface area contributed by atoms with E-state index in [4.69, 9.17) is 4.52 Å². The van der Waals surface area contributed by atoms with Crippen LogP contribution in [0.5, 0.6) is 0 Å². The van der Waals surface area contributed by atoms with Crippen LogP contribution in [0.25, 0.3) is 0 Å². The minimum absolute atomic E-state index is 0. The van der Waals surface area contributed by atoms with Crippen molar-refractivity contribution in [3.05, 3.63) is 11.7 Å². The molecule has 1 saturated heterocycles. The van der Waals surface area contributed by atoms with Crippen LogP contribution in [-0.4, -0.2) is 41.2 Å². The number of hydrogen-bond acceptors (Lipinski definition) is 5. The number of nitrogens with one attached hydrogen (secondary N) is 1. The smallest absolute Gasteiger partial charge is 0.229 e. The molecule has 6 heteroatoms. The molecule has 0 aliphatic carbocycles. The lowest BCUT2D eigenvalue weighted by molar-refractivity contribution is 0.188. The van der Waals surface area contributed by atoms with E-state index in [0.717, 1.165) is 31.3 Å². The molecule has 0 bridgehead atoms. The van der Waals surface area contributed by atoms with Crippen LogP contribution in [0.15, 0.2) is 4.52 Å². The van der Waals surface area contributed by atoms with Crippen LogP contribution in [0.2, 0.25) is 0 Å². The van der Waals surface area contributed by atoms with Crippen LogP contribution < -0.4 is 5.32 Å². The van der Waals surface area contributed by atoms with E-state index >= 15 is 0 Å². The van der Waals surface area contributed by atoms with Crippen molar-refractivity contribution < 1.29 is 4.52 Å². The third-order valence-electron chi connectivity index (χ3n) is 3.34. The van der Waals surface area contributed by atoms with E-state index in [1.807, 2.05) is 7.05 Å². The van der Waals surface area contributed by atoms with Crippen molar-refractivity contribution in [3.8, 4) is 0 Å². The van der Waals surface area contributed by atoms with Gasteiger partial charge >= 0.3 is 0 Å². The number of aromatic nitrogens is 2. The number of nitrogens with zero attached hydrogens (tertiary/aromatic N) is 3. The molecule has 0 atom stereocenters. The van der Waals surface area contributed by atoms with Gasteiger partial charge in [-0.1, -0.05) is 19.0 Å². The molecule has 1 aromatic rings. The summed E-state index contributed by atoms with van der Waals surface area (Å²) in [5.41, 5.74) is 0. The largest absolute Gasteiger partial charge is 0.339 e. The Morgan fingerprint density at radius 2 is 2.06 bits per heavy atom. The van der Waals surface area contributed by atoms with Crippen LogP contribution >= 0.6 is 12.4 Å². The summed E-state index contributed by atoms with van der Waals surface area (Å²) in [7, 11) is 2.04. The van der Waals surface area contributed by atoms with Gasteiger partial charge in [-0.2, -0.15) is 4.98 Å². The Kier molecular flexibility index (Phi) is 6.05. The van der Waals surface area contributed by atoms with E-state index in [1.165, 1.54) is 12.8 Å². The highest BCUT2D eigenvalue weighted by Crippen LogP contribution is 2.14. The topological polar surface area (TPSA) is 54.2 Å². The molecule has 2 rings (SSSR count). The Balaban J connectivity index is 0.00000162. The van der Waals surface area contributed by atoms with Gasteiger partial charge in [-0.25, -0.2) is 0 Å². The van der Waals surface area contributed by atoms with Crippen molar-refractivity contribution in [1.29, 1.82) is 0 Å². The minimum atomic E-state index is 0. The second kappa shape index (κ2) is 7.07. The Bertz CT molecular complexity index is 348. The summed E-state index contributed by atoms with van der Waals surface area (Å²) >= 11 is 0. The lowest BCUT2D eigenvalue weighted by Crippen LogP contribution is -2.40. The molecular weight excluding hydrogens is 252 g/mol. The molecule has 0 saturated carbocycles. The van der Waals surface area contributed by atoms with Gasteiger partial charge in [0, 0.05) is 25.0 Å². The van der Waals surface area contributed by atoms with Gasteiger partial charge in [0.25, 0.3) is 0 Å². The SMILES string of the molecule is CNC1CCN(Cc2noc(C(C)C)n2)CC1.Cl. The summed E-state index contributed by atoms with van der Waals surface area (Å²) in [6.07, 6.45) is 2.40. The van der Waals surface area contributed by atoms with Crippen LogP contribution in [0.1, 0.15) is 44.3 Å². The van der Waals surface area contributed by atoms with Crippen molar-refractivity contribution in [2.24, 2.45) is 0 Å². The lowest BCUT2D eigenvalue weighted by atomic mass is 10.1. The number of likely N-dealkylation sites (tertiary alicyclic amines) is 1. The molecule has 1 aliphatic rings. The zero-order valence-corrected chi connectivity index (χ0v) is 12.2. The number of hydrogen-bond donors (Lipinski definition) is 1. The highest BCUT2D eigenvalue weighted by Gasteiger charge is 2.19. The maximum Gasteiger partial charge on any atom is 0.229 e. The van der Waals surface area contributed by atoms with Crippen molar-refractivity contribution in [1.82, 2.24) is 20.4 Å².